The minimum Gasteiger partial charge on any atom is -0.314 e. The van der Waals surface area contributed by atoms with Gasteiger partial charge in [-0.3, -0.25) is 0 Å². The molecule has 20 heavy (non-hydrogen) atoms. The Morgan fingerprint density at radius 2 is 1.95 bits per heavy atom. The molecule has 1 aromatic rings. The number of hydrogen-bond acceptors (Lipinski definition) is 3. The van der Waals surface area contributed by atoms with Crippen molar-refractivity contribution < 1.29 is 12.8 Å². The van der Waals surface area contributed by atoms with E-state index >= 15 is 0 Å². The largest absolute Gasteiger partial charge is 0.314 e. The fraction of sp³-hybridized carbons (Fsp3) is 0.538. The average molecular weight is 321 g/mol. The van der Waals surface area contributed by atoms with Crippen LogP contribution in [0.2, 0.25) is 5.02 Å². The van der Waals surface area contributed by atoms with E-state index in [1.165, 1.54) is 10.4 Å². The van der Waals surface area contributed by atoms with Crippen LogP contribution in [0.25, 0.3) is 0 Å². The summed E-state index contributed by atoms with van der Waals surface area (Å²) in [7, 11) is -1.78. The monoisotopic (exact) mass is 320 g/mol. The zero-order valence-corrected chi connectivity index (χ0v) is 13.1. The van der Waals surface area contributed by atoms with Gasteiger partial charge in [-0.2, -0.15) is 4.31 Å². The minimum atomic E-state index is -3.66. The molecule has 0 radical (unpaired) electrons. The highest BCUT2D eigenvalue weighted by atomic mass is 35.5. The molecule has 0 amide bonds. The van der Waals surface area contributed by atoms with Crippen LogP contribution in [-0.4, -0.2) is 38.4 Å². The first kappa shape index (κ1) is 15.7. The molecule has 0 unspecified atom stereocenters. The molecule has 112 valence electrons. The highest BCUT2D eigenvalue weighted by Gasteiger charge is 2.35. The van der Waals surface area contributed by atoms with E-state index in [1.54, 1.807) is 0 Å². The van der Waals surface area contributed by atoms with Crippen molar-refractivity contribution in [3.63, 3.8) is 0 Å². The molecule has 0 aliphatic carbocycles. The second-order valence-electron chi connectivity index (χ2n) is 5.29. The van der Waals surface area contributed by atoms with Crippen molar-refractivity contribution in [2.24, 2.45) is 0 Å². The second-order valence-corrected chi connectivity index (χ2v) is 7.60. The number of hydrogen-bond donors (Lipinski definition) is 1. The molecule has 0 spiro atoms. The van der Waals surface area contributed by atoms with Gasteiger partial charge < -0.3 is 5.32 Å². The molecule has 7 heteroatoms. The molecule has 1 N–H and O–H groups in total. The number of sulfonamides is 1. The Labute approximate surface area is 124 Å². The summed E-state index contributed by atoms with van der Waals surface area (Å²) in [5, 5.41) is 3.14. The van der Waals surface area contributed by atoms with E-state index in [-0.39, 0.29) is 15.5 Å². The van der Waals surface area contributed by atoms with Crippen LogP contribution in [0.4, 0.5) is 4.39 Å². The molecule has 0 saturated carbocycles. The number of nitrogens with one attached hydrogen (secondary N) is 1. The summed E-state index contributed by atoms with van der Waals surface area (Å²) in [5.74, 6) is -0.546. The molecule has 1 aliphatic heterocycles. The van der Waals surface area contributed by atoms with Crippen LogP contribution in [0.3, 0.4) is 0 Å². The molecule has 1 aromatic carbocycles. The maximum absolute atomic E-state index is 13.0. The topological polar surface area (TPSA) is 49.4 Å². The standard InChI is InChI=1S/C13H18ClFN2O2S/c1-13(16-2)5-7-17(8-6-13)20(18,19)12-4-3-10(15)9-11(12)14/h3-4,9,16H,5-8H2,1-2H3. The number of rotatable bonds is 3. The third kappa shape index (κ3) is 2.98. The molecule has 4 nitrogen and oxygen atoms in total. The van der Waals surface area contributed by atoms with E-state index in [0.29, 0.717) is 13.1 Å². The number of halogens is 2. The summed E-state index contributed by atoms with van der Waals surface area (Å²) in [6.45, 7) is 2.92. The molecule has 1 fully saturated rings. The highest BCUT2D eigenvalue weighted by molar-refractivity contribution is 7.89. The Morgan fingerprint density at radius 3 is 2.45 bits per heavy atom. The lowest BCUT2D eigenvalue weighted by atomic mass is 9.91. The van der Waals surface area contributed by atoms with Crippen molar-refractivity contribution in [1.29, 1.82) is 0 Å². The van der Waals surface area contributed by atoms with Gasteiger partial charge in [0.05, 0.1) is 5.02 Å². The van der Waals surface area contributed by atoms with E-state index in [4.69, 9.17) is 11.6 Å². The van der Waals surface area contributed by atoms with E-state index in [2.05, 4.69) is 12.2 Å². The van der Waals surface area contributed by atoms with Crippen LogP contribution in [0.1, 0.15) is 19.8 Å². The predicted octanol–water partition coefficient (Wildman–Crippen LogP) is 2.24. The van der Waals surface area contributed by atoms with Gasteiger partial charge in [0.25, 0.3) is 0 Å². The van der Waals surface area contributed by atoms with Crippen LogP contribution in [0.5, 0.6) is 0 Å². The maximum atomic E-state index is 13.0. The van der Waals surface area contributed by atoms with Crippen LogP contribution in [-0.2, 0) is 10.0 Å². The Hall–Kier alpha value is -0.690. The van der Waals surface area contributed by atoms with Gasteiger partial charge in [-0.1, -0.05) is 11.6 Å². The molecular weight excluding hydrogens is 303 g/mol. The summed E-state index contributed by atoms with van der Waals surface area (Å²) >= 11 is 5.86. The zero-order valence-electron chi connectivity index (χ0n) is 11.5. The minimum absolute atomic E-state index is 0.0337. The van der Waals surface area contributed by atoms with Crippen LogP contribution < -0.4 is 5.32 Å². The maximum Gasteiger partial charge on any atom is 0.244 e. The molecule has 0 bridgehead atoms. The summed E-state index contributed by atoms with van der Waals surface area (Å²) in [4.78, 5) is -0.0337. The Balaban J connectivity index is 2.24. The predicted molar refractivity (Wildman–Crippen MR) is 76.9 cm³/mol. The Bertz CT molecular complexity index is 598. The van der Waals surface area contributed by atoms with E-state index in [0.717, 1.165) is 25.0 Å². The van der Waals surface area contributed by atoms with E-state index in [1.807, 2.05) is 7.05 Å². The van der Waals surface area contributed by atoms with Gasteiger partial charge in [0.15, 0.2) is 0 Å². The summed E-state index contributed by atoms with van der Waals surface area (Å²) < 4.78 is 39.5. The van der Waals surface area contributed by atoms with Crippen LogP contribution in [0, 0.1) is 5.82 Å². The highest BCUT2D eigenvalue weighted by Crippen LogP contribution is 2.29. The smallest absolute Gasteiger partial charge is 0.244 e. The van der Waals surface area contributed by atoms with Gasteiger partial charge in [-0.05, 0) is 45.0 Å². The molecule has 0 atom stereocenters. The average Bonchev–Trinajstić information content (AvgIpc) is 2.39. The summed E-state index contributed by atoms with van der Waals surface area (Å²) in [6.07, 6.45) is 1.45. The number of benzene rings is 1. The first-order valence-corrected chi connectivity index (χ1v) is 8.24. The van der Waals surface area contributed by atoms with Crippen molar-refractivity contribution >= 4 is 21.6 Å². The molecule has 2 rings (SSSR count). The first-order valence-electron chi connectivity index (χ1n) is 6.43. The molecule has 1 aliphatic rings. The van der Waals surface area contributed by atoms with Crippen LogP contribution in [0.15, 0.2) is 23.1 Å². The second kappa shape index (κ2) is 5.60. The van der Waals surface area contributed by atoms with Crippen molar-refractivity contribution in [2.45, 2.75) is 30.2 Å². The van der Waals surface area contributed by atoms with Crippen molar-refractivity contribution in [3.8, 4) is 0 Å². The van der Waals surface area contributed by atoms with Crippen molar-refractivity contribution in [1.82, 2.24) is 9.62 Å². The van der Waals surface area contributed by atoms with Gasteiger partial charge >= 0.3 is 0 Å². The van der Waals surface area contributed by atoms with Crippen molar-refractivity contribution in [3.05, 3.63) is 29.0 Å². The number of piperidine rings is 1. The van der Waals surface area contributed by atoms with Gasteiger partial charge in [0, 0.05) is 18.6 Å². The normalized spacial score (nSPS) is 20.0. The van der Waals surface area contributed by atoms with E-state index in [9.17, 15) is 12.8 Å². The van der Waals surface area contributed by atoms with Gasteiger partial charge in [-0.15, -0.1) is 0 Å². The van der Waals surface area contributed by atoms with Crippen molar-refractivity contribution in [2.75, 3.05) is 20.1 Å². The van der Waals surface area contributed by atoms with Gasteiger partial charge in [-0.25, -0.2) is 12.8 Å². The first-order chi connectivity index (χ1) is 9.28. The third-order valence-electron chi connectivity index (χ3n) is 3.94. The van der Waals surface area contributed by atoms with E-state index < -0.39 is 15.8 Å². The molecule has 1 heterocycles. The lowest BCUT2D eigenvalue weighted by Gasteiger charge is -2.38. The van der Waals surface area contributed by atoms with Gasteiger partial charge in [0.2, 0.25) is 10.0 Å². The fourth-order valence-electron chi connectivity index (χ4n) is 2.29. The number of nitrogens with zero attached hydrogens (tertiary/aromatic N) is 1. The molecule has 0 aromatic heterocycles. The third-order valence-corrected chi connectivity index (χ3v) is 6.32. The van der Waals surface area contributed by atoms with Gasteiger partial charge in [0.1, 0.15) is 10.7 Å². The lowest BCUT2D eigenvalue weighted by molar-refractivity contribution is 0.219. The lowest BCUT2D eigenvalue weighted by Crippen LogP contribution is -2.51. The zero-order chi connectivity index (χ0) is 15.0. The Morgan fingerprint density at radius 1 is 1.35 bits per heavy atom. The van der Waals surface area contributed by atoms with Crippen LogP contribution >= 0.6 is 11.6 Å². The molecule has 1 saturated heterocycles. The SMILES string of the molecule is CNC1(C)CCN(S(=O)(=O)c2ccc(F)cc2Cl)CC1. The fourth-order valence-corrected chi connectivity index (χ4v) is 4.24. The molecular formula is C13H18ClFN2O2S. The summed E-state index contributed by atoms with van der Waals surface area (Å²) in [6, 6.07) is 3.36. The Kier molecular flexibility index (Phi) is 4.39. The quantitative estimate of drug-likeness (QED) is 0.929. The summed E-state index contributed by atoms with van der Waals surface area (Å²) in [5.41, 5.74) is -0.0430.